The number of carbonyl (C=O) groups excluding carboxylic acids is 1. The van der Waals surface area contributed by atoms with Gasteiger partial charge >= 0.3 is 0 Å². The summed E-state index contributed by atoms with van der Waals surface area (Å²) in [6.07, 6.45) is 3.71. The highest BCUT2D eigenvalue weighted by atomic mass is 16.3. The second-order valence-electron chi connectivity index (χ2n) is 4.66. The van der Waals surface area contributed by atoms with Crippen molar-refractivity contribution in [3.05, 3.63) is 0 Å². The van der Waals surface area contributed by atoms with Gasteiger partial charge < -0.3 is 10.4 Å². The zero-order chi connectivity index (χ0) is 13.3. The highest BCUT2D eigenvalue weighted by Gasteiger charge is 2.28. The minimum absolute atomic E-state index is 0.0122. The van der Waals surface area contributed by atoms with Gasteiger partial charge in [-0.05, 0) is 26.2 Å². The number of unbranched alkanes of at least 4 members (excludes halogenated alkanes) is 1. The van der Waals surface area contributed by atoms with Crippen LogP contribution in [-0.4, -0.2) is 35.7 Å². The largest absolute Gasteiger partial charge is 0.394 e. The van der Waals surface area contributed by atoms with Crippen LogP contribution in [0.2, 0.25) is 0 Å². The molecular weight excluding hydrogens is 216 g/mol. The number of aliphatic hydroxyl groups excluding tert-OH is 1. The van der Waals surface area contributed by atoms with Crippen LogP contribution in [0.3, 0.4) is 0 Å². The summed E-state index contributed by atoms with van der Waals surface area (Å²) in [5, 5.41) is 15.6. The normalized spacial score (nSPS) is 13.5. The Kier molecular flexibility index (Phi) is 8.17. The first-order valence-electron chi connectivity index (χ1n) is 6.71. The van der Waals surface area contributed by atoms with Gasteiger partial charge in [-0.1, -0.05) is 27.2 Å². The summed E-state index contributed by atoms with van der Waals surface area (Å²) in [7, 11) is 0. The van der Waals surface area contributed by atoms with E-state index in [2.05, 4.69) is 17.6 Å². The second kappa shape index (κ2) is 8.48. The predicted molar refractivity (Wildman–Crippen MR) is 70.9 cm³/mol. The van der Waals surface area contributed by atoms with Crippen LogP contribution in [0.15, 0.2) is 0 Å². The van der Waals surface area contributed by atoms with Crippen LogP contribution < -0.4 is 10.6 Å². The molecule has 0 aliphatic rings. The predicted octanol–water partition coefficient (Wildman–Crippen LogP) is 1.43. The number of hydrogen-bond acceptors (Lipinski definition) is 3. The molecular formula is C13H28N2O2. The topological polar surface area (TPSA) is 61.4 Å². The van der Waals surface area contributed by atoms with Crippen molar-refractivity contribution < 1.29 is 9.90 Å². The lowest BCUT2D eigenvalue weighted by atomic mass is 9.93. The van der Waals surface area contributed by atoms with Gasteiger partial charge in [0.05, 0.1) is 12.6 Å². The molecule has 0 aromatic carbocycles. The molecule has 0 aromatic heterocycles. The first-order chi connectivity index (χ1) is 8.05. The maximum Gasteiger partial charge on any atom is 0.236 e. The fraction of sp³-hybridized carbons (Fsp3) is 0.923. The van der Waals surface area contributed by atoms with Gasteiger partial charge in [-0.3, -0.25) is 10.1 Å². The standard InChI is InChI=1S/C13H28N2O2/c1-5-8-9-14-12(17)11(4)15-13(6-2,7-3)10-16/h11,15-16H,5-10H2,1-4H3,(H,14,17). The van der Waals surface area contributed by atoms with Gasteiger partial charge in [0.2, 0.25) is 5.91 Å². The molecule has 1 amide bonds. The molecule has 0 radical (unpaired) electrons. The Labute approximate surface area is 105 Å². The number of hydrogen-bond donors (Lipinski definition) is 3. The SMILES string of the molecule is CCCCNC(=O)C(C)NC(CC)(CC)CO. The third-order valence-electron chi connectivity index (χ3n) is 3.40. The van der Waals surface area contributed by atoms with Crippen molar-refractivity contribution in [3.63, 3.8) is 0 Å². The molecule has 1 atom stereocenters. The molecule has 0 spiro atoms. The van der Waals surface area contributed by atoms with Crippen LogP contribution in [-0.2, 0) is 4.79 Å². The highest BCUT2D eigenvalue weighted by Crippen LogP contribution is 2.14. The Hall–Kier alpha value is -0.610. The maximum absolute atomic E-state index is 11.8. The minimum Gasteiger partial charge on any atom is -0.394 e. The molecule has 4 heteroatoms. The van der Waals surface area contributed by atoms with Crippen LogP contribution in [0.5, 0.6) is 0 Å². The molecule has 0 aromatic rings. The van der Waals surface area contributed by atoms with Crippen LogP contribution >= 0.6 is 0 Å². The van der Waals surface area contributed by atoms with Crippen molar-refractivity contribution in [3.8, 4) is 0 Å². The number of rotatable bonds is 9. The molecule has 0 bridgehead atoms. The van der Waals surface area contributed by atoms with E-state index in [9.17, 15) is 9.90 Å². The number of amides is 1. The molecule has 102 valence electrons. The first kappa shape index (κ1) is 16.4. The van der Waals surface area contributed by atoms with Crippen molar-refractivity contribution >= 4 is 5.91 Å². The molecule has 0 aliphatic heterocycles. The van der Waals surface area contributed by atoms with E-state index in [0.29, 0.717) is 0 Å². The third kappa shape index (κ3) is 5.50. The summed E-state index contributed by atoms with van der Waals surface area (Å²) in [5.41, 5.74) is -0.332. The lowest BCUT2D eigenvalue weighted by molar-refractivity contribution is -0.123. The van der Waals surface area contributed by atoms with E-state index in [1.54, 1.807) is 0 Å². The van der Waals surface area contributed by atoms with Crippen molar-refractivity contribution in [2.75, 3.05) is 13.2 Å². The molecule has 0 saturated heterocycles. The van der Waals surface area contributed by atoms with E-state index in [-0.39, 0.29) is 24.1 Å². The smallest absolute Gasteiger partial charge is 0.236 e. The van der Waals surface area contributed by atoms with Crippen LogP contribution in [0, 0.1) is 0 Å². The second-order valence-corrected chi connectivity index (χ2v) is 4.66. The fourth-order valence-corrected chi connectivity index (χ4v) is 1.79. The first-order valence-corrected chi connectivity index (χ1v) is 6.71. The zero-order valence-corrected chi connectivity index (χ0v) is 11.7. The average molecular weight is 244 g/mol. The summed E-state index contributed by atoms with van der Waals surface area (Å²) >= 11 is 0. The van der Waals surface area contributed by atoms with Crippen LogP contribution in [0.4, 0.5) is 0 Å². The summed E-state index contributed by atoms with van der Waals surface area (Å²) in [4.78, 5) is 11.8. The molecule has 0 heterocycles. The summed E-state index contributed by atoms with van der Waals surface area (Å²) in [5.74, 6) is 0.0122. The quantitative estimate of drug-likeness (QED) is 0.538. The molecule has 4 nitrogen and oxygen atoms in total. The average Bonchev–Trinajstić information content (AvgIpc) is 2.36. The van der Waals surface area contributed by atoms with Crippen molar-refractivity contribution in [1.29, 1.82) is 0 Å². The van der Waals surface area contributed by atoms with E-state index in [1.807, 2.05) is 20.8 Å². The minimum atomic E-state index is -0.332. The third-order valence-corrected chi connectivity index (χ3v) is 3.40. The fourth-order valence-electron chi connectivity index (χ4n) is 1.79. The van der Waals surface area contributed by atoms with Gasteiger partial charge in [-0.2, -0.15) is 0 Å². The number of carbonyl (C=O) groups is 1. The molecule has 17 heavy (non-hydrogen) atoms. The van der Waals surface area contributed by atoms with Gasteiger partial charge in [0, 0.05) is 12.1 Å². The Morgan fingerprint density at radius 1 is 1.29 bits per heavy atom. The Balaban J connectivity index is 4.21. The van der Waals surface area contributed by atoms with Crippen LogP contribution in [0.25, 0.3) is 0 Å². The summed E-state index contributed by atoms with van der Waals surface area (Å²) < 4.78 is 0. The van der Waals surface area contributed by atoms with Crippen molar-refractivity contribution in [2.45, 2.75) is 65.0 Å². The zero-order valence-electron chi connectivity index (χ0n) is 11.7. The molecule has 0 rings (SSSR count). The maximum atomic E-state index is 11.8. The molecule has 3 N–H and O–H groups in total. The lowest BCUT2D eigenvalue weighted by Crippen LogP contribution is -2.56. The van der Waals surface area contributed by atoms with Gasteiger partial charge in [0.1, 0.15) is 0 Å². The van der Waals surface area contributed by atoms with Gasteiger partial charge in [0.15, 0.2) is 0 Å². The molecule has 1 unspecified atom stereocenters. The lowest BCUT2D eigenvalue weighted by Gasteiger charge is -2.33. The van der Waals surface area contributed by atoms with Crippen LogP contribution in [0.1, 0.15) is 53.4 Å². The van der Waals surface area contributed by atoms with Gasteiger partial charge in [-0.15, -0.1) is 0 Å². The van der Waals surface area contributed by atoms with Crippen molar-refractivity contribution in [1.82, 2.24) is 10.6 Å². The Morgan fingerprint density at radius 3 is 2.29 bits per heavy atom. The van der Waals surface area contributed by atoms with Gasteiger partial charge in [0.25, 0.3) is 0 Å². The number of aliphatic hydroxyl groups is 1. The van der Waals surface area contributed by atoms with E-state index >= 15 is 0 Å². The highest BCUT2D eigenvalue weighted by molar-refractivity contribution is 5.81. The summed E-state index contributed by atoms with van der Waals surface area (Å²) in [6.45, 7) is 8.77. The van der Waals surface area contributed by atoms with Crippen molar-refractivity contribution in [2.24, 2.45) is 0 Å². The molecule has 0 saturated carbocycles. The van der Waals surface area contributed by atoms with E-state index in [4.69, 9.17) is 0 Å². The molecule has 0 fully saturated rings. The van der Waals surface area contributed by atoms with E-state index in [0.717, 1.165) is 32.2 Å². The number of nitrogens with one attached hydrogen (secondary N) is 2. The molecule has 0 aliphatic carbocycles. The van der Waals surface area contributed by atoms with Gasteiger partial charge in [-0.25, -0.2) is 0 Å². The van der Waals surface area contributed by atoms with E-state index < -0.39 is 0 Å². The Morgan fingerprint density at radius 2 is 1.88 bits per heavy atom. The monoisotopic (exact) mass is 244 g/mol. The van der Waals surface area contributed by atoms with E-state index in [1.165, 1.54) is 0 Å². The summed E-state index contributed by atoms with van der Waals surface area (Å²) in [6, 6.07) is -0.265. The Bertz CT molecular complexity index is 207.